The summed E-state index contributed by atoms with van der Waals surface area (Å²) in [7, 11) is 0. The Morgan fingerprint density at radius 2 is 1.69 bits per heavy atom. The van der Waals surface area contributed by atoms with Crippen molar-refractivity contribution >= 4 is 6.09 Å². The topological polar surface area (TPSA) is 70.0 Å². The average Bonchev–Trinajstić information content (AvgIpc) is 3.09. The van der Waals surface area contributed by atoms with E-state index in [1.54, 1.807) is 12.1 Å². The van der Waals surface area contributed by atoms with E-state index in [0.29, 0.717) is 13.2 Å². The average molecular weight is 355 g/mol. The number of carbonyl (C=O) groups is 1. The minimum atomic E-state index is -0.873. The molecular formula is C21H25NO4. The molecule has 3 rings (SSSR count). The van der Waals surface area contributed by atoms with Gasteiger partial charge in [0.1, 0.15) is 18.1 Å². The van der Waals surface area contributed by atoms with Crippen molar-refractivity contribution in [1.29, 1.82) is 0 Å². The van der Waals surface area contributed by atoms with Gasteiger partial charge in [-0.25, -0.2) is 4.79 Å². The number of phenols is 1. The Labute approximate surface area is 153 Å². The number of hydrogen-bond donors (Lipinski definition) is 2. The van der Waals surface area contributed by atoms with Crippen molar-refractivity contribution in [2.45, 2.75) is 38.1 Å². The van der Waals surface area contributed by atoms with Crippen molar-refractivity contribution in [3.8, 4) is 11.5 Å². The molecule has 0 saturated carbocycles. The zero-order valence-corrected chi connectivity index (χ0v) is 15.2. The fraction of sp³-hybridized carbons (Fsp3) is 0.381. The molecule has 0 aliphatic carbocycles. The van der Waals surface area contributed by atoms with Gasteiger partial charge < -0.3 is 19.8 Å². The van der Waals surface area contributed by atoms with E-state index in [1.807, 2.05) is 36.4 Å². The number of rotatable bonds is 5. The third-order valence-electron chi connectivity index (χ3n) is 5.23. The fourth-order valence-corrected chi connectivity index (χ4v) is 3.47. The Hall–Kier alpha value is -2.69. The first-order chi connectivity index (χ1) is 12.4. The van der Waals surface area contributed by atoms with Crippen LogP contribution in [0.2, 0.25) is 0 Å². The van der Waals surface area contributed by atoms with E-state index in [4.69, 9.17) is 4.74 Å². The molecule has 1 aliphatic heterocycles. The van der Waals surface area contributed by atoms with Gasteiger partial charge in [0, 0.05) is 12.0 Å². The molecule has 1 saturated heterocycles. The second kappa shape index (κ2) is 7.28. The number of amides is 1. The second-order valence-electron chi connectivity index (χ2n) is 7.28. The Morgan fingerprint density at radius 1 is 1.12 bits per heavy atom. The highest BCUT2D eigenvalue weighted by Gasteiger charge is 2.29. The largest absolute Gasteiger partial charge is 0.508 e. The van der Waals surface area contributed by atoms with Crippen LogP contribution in [0.3, 0.4) is 0 Å². The summed E-state index contributed by atoms with van der Waals surface area (Å²) in [6.07, 6.45) is 0.861. The van der Waals surface area contributed by atoms with E-state index in [0.717, 1.165) is 29.7 Å². The molecule has 1 fully saturated rings. The fourth-order valence-electron chi connectivity index (χ4n) is 3.47. The van der Waals surface area contributed by atoms with E-state index < -0.39 is 6.09 Å². The van der Waals surface area contributed by atoms with Crippen LogP contribution in [0.25, 0.3) is 0 Å². The number of hydrogen-bond acceptors (Lipinski definition) is 3. The lowest BCUT2D eigenvalue weighted by Crippen LogP contribution is -2.38. The van der Waals surface area contributed by atoms with Gasteiger partial charge in [0.25, 0.3) is 0 Å². The molecule has 5 heteroatoms. The molecule has 1 atom stereocenters. The number of ether oxygens (including phenoxy) is 1. The van der Waals surface area contributed by atoms with Crippen LogP contribution in [0.4, 0.5) is 4.79 Å². The van der Waals surface area contributed by atoms with Gasteiger partial charge in [-0.1, -0.05) is 38.1 Å². The molecule has 0 spiro atoms. The molecule has 0 radical (unpaired) electrons. The summed E-state index contributed by atoms with van der Waals surface area (Å²) in [5.41, 5.74) is 2.06. The summed E-state index contributed by atoms with van der Waals surface area (Å²) in [6, 6.07) is 15.1. The molecule has 2 N–H and O–H groups in total. The molecule has 138 valence electrons. The van der Waals surface area contributed by atoms with Crippen molar-refractivity contribution in [3.63, 3.8) is 0 Å². The maximum absolute atomic E-state index is 11.2. The van der Waals surface area contributed by atoms with Gasteiger partial charge in [0.2, 0.25) is 0 Å². The van der Waals surface area contributed by atoms with Crippen LogP contribution in [0, 0.1) is 0 Å². The van der Waals surface area contributed by atoms with Crippen molar-refractivity contribution < 1.29 is 19.7 Å². The molecule has 0 unspecified atom stereocenters. The van der Waals surface area contributed by atoms with E-state index in [2.05, 4.69) is 13.8 Å². The van der Waals surface area contributed by atoms with Crippen LogP contribution in [-0.4, -0.2) is 40.4 Å². The van der Waals surface area contributed by atoms with Gasteiger partial charge >= 0.3 is 6.09 Å². The second-order valence-corrected chi connectivity index (χ2v) is 7.28. The lowest BCUT2D eigenvalue weighted by molar-refractivity contribution is 0.123. The van der Waals surface area contributed by atoms with Crippen LogP contribution in [0.1, 0.15) is 37.8 Å². The monoisotopic (exact) mass is 355 g/mol. The minimum absolute atomic E-state index is 0.0689. The number of aromatic hydroxyl groups is 1. The van der Waals surface area contributed by atoms with E-state index >= 15 is 0 Å². The number of nitrogens with zero attached hydrogens (tertiary/aromatic N) is 1. The van der Waals surface area contributed by atoms with Crippen LogP contribution in [-0.2, 0) is 5.41 Å². The highest BCUT2D eigenvalue weighted by atomic mass is 16.5. The summed E-state index contributed by atoms with van der Waals surface area (Å²) in [5.74, 6) is 1.00. The minimum Gasteiger partial charge on any atom is -0.508 e. The summed E-state index contributed by atoms with van der Waals surface area (Å²) in [4.78, 5) is 12.6. The van der Waals surface area contributed by atoms with Gasteiger partial charge in [0.05, 0.1) is 6.04 Å². The van der Waals surface area contributed by atoms with Crippen molar-refractivity contribution in [1.82, 2.24) is 4.90 Å². The van der Waals surface area contributed by atoms with Crippen molar-refractivity contribution in [2.24, 2.45) is 0 Å². The van der Waals surface area contributed by atoms with Crippen LogP contribution in [0.5, 0.6) is 11.5 Å². The molecule has 1 aliphatic rings. The number of carboxylic acid groups (broad SMARTS) is 1. The maximum atomic E-state index is 11.2. The Bertz CT molecular complexity index is 753. The third kappa shape index (κ3) is 3.77. The molecule has 1 amide bonds. The van der Waals surface area contributed by atoms with Gasteiger partial charge in [-0.05, 0) is 48.2 Å². The molecule has 2 aromatic carbocycles. The lowest BCUT2D eigenvalue weighted by Gasteiger charge is -2.26. The van der Waals surface area contributed by atoms with Crippen molar-refractivity contribution in [2.75, 3.05) is 13.2 Å². The number of phenolic OH excluding ortho intramolecular Hbond substituents is 1. The van der Waals surface area contributed by atoms with Gasteiger partial charge in [0.15, 0.2) is 0 Å². The molecule has 0 bridgehead atoms. The first-order valence-electron chi connectivity index (χ1n) is 8.90. The normalized spacial score (nSPS) is 17.3. The maximum Gasteiger partial charge on any atom is 0.407 e. The standard InChI is InChI=1S/C21H25NO4/c1-21(2,15-5-9-18(23)10-6-15)16-7-11-19(12-8-16)26-14-17-4-3-13-22(17)20(24)25/h5-12,17,23H,3-4,13-14H2,1-2H3,(H,24,25)/t17-/m1/s1. The Balaban J connectivity index is 1.66. The quantitative estimate of drug-likeness (QED) is 0.842. The molecule has 2 aromatic rings. The Kier molecular flexibility index (Phi) is 5.07. The molecular weight excluding hydrogens is 330 g/mol. The number of likely N-dealkylation sites (tertiary alicyclic amines) is 1. The van der Waals surface area contributed by atoms with Crippen LogP contribution >= 0.6 is 0 Å². The van der Waals surface area contributed by atoms with Gasteiger partial charge in [-0.3, -0.25) is 0 Å². The SMILES string of the molecule is CC(C)(c1ccc(O)cc1)c1ccc(OC[C@H]2CCCN2C(=O)O)cc1. The predicted molar refractivity (Wildman–Crippen MR) is 99.9 cm³/mol. The Morgan fingerprint density at radius 3 is 2.27 bits per heavy atom. The zero-order chi connectivity index (χ0) is 18.7. The lowest BCUT2D eigenvalue weighted by atomic mass is 9.78. The third-order valence-corrected chi connectivity index (χ3v) is 5.23. The van der Waals surface area contributed by atoms with Gasteiger partial charge in [-0.15, -0.1) is 0 Å². The molecule has 5 nitrogen and oxygen atoms in total. The first-order valence-corrected chi connectivity index (χ1v) is 8.90. The summed E-state index contributed by atoms with van der Waals surface area (Å²) < 4.78 is 5.82. The summed E-state index contributed by atoms with van der Waals surface area (Å²) in [5, 5.41) is 18.7. The molecule has 1 heterocycles. The van der Waals surface area contributed by atoms with E-state index in [1.165, 1.54) is 4.90 Å². The van der Waals surface area contributed by atoms with Gasteiger partial charge in [-0.2, -0.15) is 0 Å². The summed E-state index contributed by atoms with van der Waals surface area (Å²) >= 11 is 0. The smallest absolute Gasteiger partial charge is 0.407 e. The van der Waals surface area contributed by atoms with Crippen molar-refractivity contribution in [3.05, 3.63) is 59.7 Å². The highest BCUT2D eigenvalue weighted by molar-refractivity contribution is 5.65. The highest BCUT2D eigenvalue weighted by Crippen LogP contribution is 2.33. The first kappa shape index (κ1) is 18.1. The summed E-state index contributed by atoms with van der Waals surface area (Å²) in [6.45, 7) is 5.24. The van der Waals surface area contributed by atoms with E-state index in [-0.39, 0.29) is 17.2 Å². The van der Waals surface area contributed by atoms with Crippen LogP contribution in [0.15, 0.2) is 48.5 Å². The molecule has 0 aromatic heterocycles. The molecule has 26 heavy (non-hydrogen) atoms. The predicted octanol–water partition coefficient (Wildman–Crippen LogP) is 4.24. The number of benzene rings is 2. The zero-order valence-electron chi connectivity index (χ0n) is 15.2. The van der Waals surface area contributed by atoms with Crippen LogP contribution < -0.4 is 4.74 Å². The van der Waals surface area contributed by atoms with E-state index in [9.17, 15) is 15.0 Å².